The van der Waals surface area contributed by atoms with Gasteiger partial charge in [-0.3, -0.25) is 0 Å². The predicted molar refractivity (Wildman–Crippen MR) is 93.9 cm³/mol. The Morgan fingerprint density at radius 1 is 0.885 bits per heavy atom. The highest BCUT2D eigenvalue weighted by Crippen LogP contribution is 2.23. The molecule has 4 N–H and O–H groups in total. The van der Waals surface area contributed by atoms with Crippen molar-refractivity contribution in [2.45, 2.75) is 20.3 Å². The lowest BCUT2D eigenvalue weighted by Crippen LogP contribution is -2.12. The first-order valence-electron chi connectivity index (χ1n) is 8.01. The van der Waals surface area contributed by atoms with Crippen molar-refractivity contribution >= 4 is 23.3 Å². The largest absolute Gasteiger partial charge is 0.461 e. The van der Waals surface area contributed by atoms with Gasteiger partial charge in [0.1, 0.15) is 0 Å². The summed E-state index contributed by atoms with van der Waals surface area (Å²) in [6.45, 7) is 3.99. The van der Waals surface area contributed by atoms with Gasteiger partial charge in [-0.1, -0.05) is 6.92 Å². The molecule has 26 heavy (non-hydrogen) atoms. The maximum absolute atomic E-state index is 12.0. The highest BCUT2D eigenvalue weighted by molar-refractivity contribution is 5.93. The molecule has 0 unspecified atom stereocenters. The Morgan fingerprint density at radius 3 is 1.85 bits per heavy atom. The Kier molecular flexibility index (Phi) is 6.31. The van der Waals surface area contributed by atoms with Gasteiger partial charge in [0, 0.05) is 12.1 Å². The number of rotatable bonds is 7. The summed E-state index contributed by atoms with van der Waals surface area (Å²) in [5, 5.41) is 0. The SMILES string of the molecule is CCCOC(=O)c1nc(Oc2ccc(N)c(C(=O)OCC)n2)ccc1N. The number of anilines is 2. The molecule has 0 spiro atoms. The van der Waals surface area contributed by atoms with Crippen molar-refractivity contribution in [3.8, 4) is 11.8 Å². The molecule has 0 bridgehead atoms. The van der Waals surface area contributed by atoms with Gasteiger partial charge in [-0.05, 0) is 25.5 Å². The lowest BCUT2D eigenvalue weighted by Gasteiger charge is -2.10. The normalized spacial score (nSPS) is 10.2. The van der Waals surface area contributed by atoms with E-state index in [1.54, 1.807) is 6.92 Å². The van der Waals surface area contributed by atoms with Gasteiger partial charge in [-0.2, -0.15) is 0 Å². The zero-order valence-electron chi connectivity index (χ0n) is 14.5. The lowest BCUT2D eigenvalue weighted by molar-refractivity contribution is 0.0496. The maximum Gasteiger partial charge on any atom is 0.359 e. The van der Waals surface area contributed by atoms with Crippen LogP contribution < -0.4 is 16.2 Å². The van der Waals surface area contributed by atoms with Gasteiger partial charge < -0.3 is 25.7 Å². The smallest absolute Gasteiger partial charge is 0.359 e. The van der Waals surface area contributed by atoms with Gasteiger partial charge >= 0.3 is 11.9 Å². The molecule has 138 valence electrons. The van der Waals surface area contributed by atoms with Crippen LogP contribution in [0.2, 0.25) is 0 Å². The van der Waals surface area contributed by atoms with Crippen molar-refractivity contribution in [2.24, 2.45) is 0 Å². The van der Waals surface area contributed by atoms with Crippen LogP contribution in [0.5, 0.6) is 11.8 Å². The fourth-order valence-electron chi connectivity index (χ4n) is 1.91. The van der Waals surface area contributed by atoms with Crippen molar-refractivity contribution in [1.29, 1.82) is 0 Å². The van der Waals surface area contributed by atoms with E-state index in [0.717, 1.165) is 0 Å². The minimum atomic E-state index is -0.662. The van der Waals surface area contributed by atoms with Crippen LogP contribution in [0.25, 0.3) is 0 Å². The first-order chi connectivity index (χ1) is 12.5. The standard InChI is InChI=1S/C17H20N4O5/c1-3-9-25-17(23)15-11(19)6-8-13(21-15)26-12-7-5-10(18)14(20-12)16(22)24-4-2/h5-8H,3-4,9,18-19H2,1-2H3. The molecule has 0 aliphatic carbocycles. The summed E-state index contributed by atoms with van der Waals surface area (Å²) in [6.07, 6.45) is 0.674. The fraction of sp³-hybridized carbons (Fsp3) is 0.294. The lowest BCUT2D eigenvalue weighted by atomic mass is 10.3. The second kappa shape index (κ2) is 8.65. The van der Waals surface area contributed by atoms with E-state index in [1.165, 1.54) is 24.3 Å². The van der Waals surface area contributed by atoms with Crippen molar-refractivity contribution in [1.82, 2.24) is 9.97 Å². The number of aromatic nitrogens is 2. The monoisotopic (exact) mass is 360 g/mol. The minimum Gasteiger partial charge on any atom is -0.461 e. The number of esters is 2. The molecule has 0 aliphatic heterocycles. The Hall–Kier alpha value is -3.36. The summed E-state index contributed by atoms with van der Waals surface area (Å²) < 4.78 is 15.4. The van der Waals surface area contributed by atoms with Gasteiger partial charge in [-0.15, -0.1) is 0 Å². The molecular weight excluding hydrogens is 340 g/mol. The zero-order chi connectivity index (χ0) is 19.1. The molecule has 2 aromatic heterocycles. The van der Waals surface area contributed by atoms with E-state index < -0.39 is 11.9 Å². The van der Waals surface area contributed by atoms with E-state index in [9.17, 15) is 9.59 Å². The second-order valence-corrected chi connectivity index (χ2v) is 5.13. The number of nitrogen functional groups attached to an aromatic ring is 2. The second-order valence-electron chi connectivity index (χ2n) is 5.13. The fourth-order valence-corrected chi connectivity index (χ4v) is 1.91. The van der Waals surface area contributed by atoms with Crippen LogP contribution in [0.4, 0.5) is 11.4 Å². The van der Waals surface area contributed by atoms with E-state index >= 15 is 0 Å². The van der Waals surface area contributed by atoms with E-state index in [1.807, 2.05) is 6.92 Å². The minimum absolute atomic E-state index is 0.0583. The topological polar surface area (TPSA) is 140 Å². The summed E-state index contributed by atoms with van der Waals surface area (Å²) >= 11 is 0. The van der Waals surface area contributed by atoms with Crippen molar-refractivity contribution in [3.63, 3.8) is 0 Å². The van der Waals surface area contributed by atoms with Gasteiger partial charge in [0.25, 0.3) is 0 Å². The van der Waals surface area contributed by atoms with Crippen molar-refractivity contribution in [2.75, 3.05) is 24.7 Å². The van der Waals surface area contributed by atoms with Crippen LogP contribution in [0.15, 0.2) is 24.3 Å². The van der Waals surface area contributed by atoms with Crippen molar-refractivity contribution in [3.05, 3.63) is 35.7 Å². The molecule has 0 amide bonds. The van der Waals surface area contributed by atoms with E-state index in [-0.39, 0.29) is 47.7 Å². The number of carbonyl (C=O) groups is 2. The van der Waals surface area contributed by atoms with Crippen LogP contribution in [0.3, 0.4) is 0 Å². The molecule has 9 heteroatoms. The first-order valence-corrected chi connectivity index (χ1v) is 8.01. The Bertz CT molecular complexity index is 810. The van der Waals surface area contributed by atoms with E-state index in [2.05, 4.69) is 9.97 Å². The Balaban J connectivity index is 2.24. The van der Waals surface area contributed by atoms with Crippen LogP contribution in [0.1, 0.15) is 41.2 Å². The molecule has 0 aliphatic rings. The highest BCUT2D eigenvalue weighted by atomic mass is 16.5. The molecule has 0 saturated heterocycles. The molecule has 9 nitrogen and oxygen atoms in total. The first kappa shape index (κ1) is 19.0. The predicted octanol–water partition coefficient (Wildman–Crippen LogP) is 2.18. The molecule has 0 radical (unpaired) electrons. The molecular formula is C17H20N4O5. The van der Waals surface area contributed by atoms with Crippen LogP contribution in [-0.2, 0) is 9.47 Å². The third-order valence-electron chi connectivity index (χ3n) is 3.11. The average Bonchev–Trinajstić information content (AvgIpc) is 2.63. The van der Waals surface area contributed by atoms with Gasteiger partial charge in [0.15, 0.2) is 11.4 Å². The molecule has 2 rings (SSSR count). The highest BCUT2D eigenvalue weighted by Gasteiger charge is 2.17. The number of carbonyl (C=O) groups excluding carboxylic acids is 2. The zero-order valence-corrected chi connectivity index (χ0v) is 14.5. The number of nitrogens with two attached hydrogens (primary N) is 2. The third-order valence-corrected chi connectivity index (χ3v) is 3.11. The molecule has 0 saturated carbocycles. The molecule has 0 aromatic carbocycles. The quantitative estimate of drug-likeness (QED) is 0.711. The molecule has 2 aromatic rings. The van der Waals surface area contributed by atoms with Gasteiger partial charge in [0.2, 0.25) is 11.8 Å². The van der Waals surface area contributed by atoms with Crippen LogP contribution >= 0.6 is 0 Å². The average molecular weight is 360 g/mol. The molecule has 0 fully saturated rings. The third kappa shape index (κ3) is 4.59. The summed E-state index contributed by atoms with van der Waals surface area (Å²) in [5.74, 6) is -1.18. The number of hydrogen-bond donors (Lipinski definition) is 2. The van der Waals surface area contributed by atoms with Gasteiger partial charge in [0.05, 0.1) is 24.6 Å². The maximum atomic E-state index is 12.0. The summed E-state index contributed by atoms with van der Waals surface area (Å²) in [6, 6.07) is 5.86. The summed E-state index contributed by atoms with van der Waals surface area (Å²) in [5.41, 5.74) is 11.7. The Labute approximate surface area is 150 Å². The number of nitrogens with zero attached hydrogens (tertiary/aromatic N) is 2. The van der Waals surface area contributed by atoms with E-state index in [0.29, 0.717) is 6.42 Å². The molecule has 0 atom stereocenters. The van der Waals surface area contributed by atoms with E-state index in [4.69, 9.17) is 25.7 Å². The summed E-state index contributed by atoms with van der Waals surface area (Å²) in [4.78, 5) is 31.9. The van der Waals surface area contributed by atoms with Crippen molar-refractivity contribution < 1.29 is 23.8 Å². The number of pyridine rings is 2. The Morgan fingerprint density at radius 2 is 1.38 bits per heavy atom. The van der Waals surface area contributed by atoms with Crippen LogP contribution in [-0.4, -0.2) is 35.1 Å². The number of hydrogen-bond acceptors (Lipinski definition) is 9. The van der Waals surface area contributed by atoms with Crippen LogP contribution in [0, 0.1) is 0 Å². The number of ether oxygens (including phenoxy) is 3. The summed E-state index contributed by atoms with van der Waals surface area (Å²) in [7, 11) is 0. The molecule has 2 heterocycles. The van der Waals surface area contributed by atoms with Gasteiger partial charge in [-0.25, -0.2) is 19.6 Å².